The Morgan fingerprint density at radius 3 is 3.15 bits per heavy atom. The quantitative estimate of drug-likeness (QED) is 0.723. The Balaban J connectivity index is 1.98. The first kappa shape index (κ1) is 13.0. The Bertz CT molecular complexity index is 761. The number of fused-ring (bicyclic) bond motifs is 1. The lowest BCUT2D eigenvalue weighted by Crippen LogP contribution is -2.13. The van der Waals surface area contributed by atoms with E-state index in [2.05, 4.69) is 20.3 Å². The van der Waals surface area contributed by atoms with Gasteiger partial charge in [0.15, 0.2) is 5.01 Å². The minimum atomic E-state index is -0.0537. The van der Waals surface area contributed by atoms with E-state index in [1.807, 2.05) is 25.4 Å². The van der Waals surface area contributed by atoms with Crippen LogP contribution in [0.1, 0.15) is 34.0 Å². The number of carbonyl (C=O) groups excluding carboxylic acids is 1. The zero-order valence-electron chi connectivity index (χ0n) is 11.2. The average molecular weight is 286 g/mol. The van der Waals surface area contributed by atoms with E-state index in [4.69, 9.17) is 0 Å². The van der Waals surface area contributed by atoms with Crippen molar-refractivity contribution in [3.63, 3.8) is 0 Å². The monoisotopic (exact) mass is 286 g/mol. The molecule has 2 N–H and O–H groups in total. The number of hydrogen-bond donors (Lipinski definition) is 2. The van der Waals surface area contributed by atoms with E-state index in [-0.39, 0.29) is 11.8 Å². The number of nitrogens with one attached hydrogen (secondary N) is 2. The summed E-state index contributed by atoms with van der Waals surface area (Å²) in [7, 11) is 1.87. The van der Waals surface area contributed by atoms with Crippen LogP contribution in [-0.2, 0) is 0 Å². The summed E-state index contributed by atoms with van der Waals surface area (Å²) in [5.41, 5.74) is 2.39. The fraction of sp³-hybridized carbons (Fsp3) is 0.214. The van der Waals surface area contributed by atoms with Crippen molar-refractivity contribution in [2.75, 3.05) is 7.05 Å². The molecule has 0 spiro atoms. The van der Waals surface area contributed by atoms with E-state index in [1.54, 1.807) is 18.6 Å². The molecule has 3 heterocycles. The summed E-state index contributed by atoms with van der Waals surface area (Å²) in [5.74, 6) is -0.0537. The summed E-state index contributed by atoms with van der Waals surface area (Å²) in [4.78, 5) is 24.0. The van der Waals surface area contributed by atoms with Crippen molar-refractivity contribution >= 4 is 28.0 Å². The maximum atomic E-state index is 12.5. The fourth-order valence-corrected chi connectivity index (χ4v) is 2.88. The third-order valence-electron chi connectivity index (χ3n) is 3.32. The van der Waals surface area contributed by atoms with Gasteiger partial charge in [0.25, 0.3) is 0 Å². The summed E-state index contributed by atoms with van der Waals surface area (Å²) < 4.78 is 0. The number of aromatic nitrogens is 3. The average Bonchev–Trinajstić information content (AvgIpc) is 3.12. The number of hydrogen-bond acceptors (Lipinski definition) is 5. The minimum absolute atomic E-state index is 0.0537. The molecule has 0 amide bonds. The number of aromatic amines is 1. The molecule has 20 heavy (non-hydrogen) atoms. The van der Waals surface area contributed by atoms with Gasteiger partial charge in [0.05, 0.1) is 23.0 Å². The molecule has 0 aliphatic carbocycles. The van der Waals surface area contributed by atoms with E-state index in [1.165, 1.54) is 11.3 Å². The van der Waals surface area contributed by atoms with Gasteiger partial charge in [-0.25, -0.2) is 4.98 Å². The van der Waals surface area contributed by atoms with Crippen LogP contribution in [0.15, 0.2) is 30.0 Å². The van der Waals surface area contributed by atoms with Crippen molar-refractivity contribution in [2.24, 2.45) is 0 Å². The predicted octanol–water partition coefficient (Wildman–Crippen LogP) is 2.53. The number of thiazole rings is 1. The van der Waals surface area contributed by atoms with Gasteiger partial charge in [-0.05, 0) is 20.0 Å². The number of H-pyrrole nitrogens is 1. The van der Waals surface area contributed by atoms with Gasteiger partial charge in [-0.15, -0.1) is 11.3 Å². The van der Waals surface area contributed by atoms with E-state index in [0.29, 0.717) is 10.6 Å². The molecule has 0 aliphatic heterocycles. The highest BCUT2D eigenvalue weighted by Gasteiger charge is 2.18. The molecule has 1 atom stereocenters. The van der Waals surface area contributed by atoms with Gasteiger partial charge in [-0.2, -0.15) is 0 Å². The van der Waals surface area contributed by atoms with Gasteiger partial charge < -0.3 is 10.3 Å². The lowest BCUT2D eigenvalue weighted by molar-refractivity contribution is 0.103. The topological polar surface area (TPSA) is 70.7 Å². The van der Waals surface area contributed by atoms with Crippen LogP contribution in [-0.4, -0.2) is 27.8 Å². The lowest BCUT2D eigenvalue weighted by Gasteiger charge is -2.04. The van der Waals surface area contributed by atoms with Gasteiger partial charge >= 0.3 is 0 Å². The van der Waals surface area contributed by atoms with Crippen molar-refractivity contribution in [3.05, 3.63) is 46.3 Å². The molecule has 0 unspecified atom stereocenters. The molecule has 3 rings (SSSR count). The minimum Gasteiger partial charge on any atom is -0.359 e. The molecule has 5 nitrogen and oxygen atoms in total. The number of nitrogens with zero attached hydrogens (tertiary/aromatic N) is 2. The first-order valence-corrected chi connectivity index (χ1v) is 7.17. The normalized spacial score (nSPS) is 12.7. The van der Waals surface area contributed by atoms with Gasteiger partial charge in [0, 0.05) is 29.2 Å². The van der Waals surface area contributed by atoms with Crippen molar-refractivity contribution in [3.8, 4) is 0 Å². The first-order valence-electron chi connectivity index (χ1n) is 6.29. The molecule has 3 aromatic heterocycles. The Kier molecular flexibility index (Phi) is 3.33. The van der Waals surface area contributed by atoms with Gasteiger partial charge in [-0.1, -0.05) is 0 Å². The Morgan fingerprint density at radius 2 is 2.35 bits per heavy atom. The number of carbonyl (C=O) groups is 1. The molecule has 0 saturated carbocycles. The van der Waals surface area contributed by atoms with Crippen molar-refractivity contribution in [2.45, 2.75) is 13.0 Å². The fourth-order valence-electron chi connectivity index (χ4n) is 2.01. The lowest BCUT2D eigenvalue weighted by atomic mass is 10.1. The Hall–Kier alpha value is -2.05. The molecule has 0 fully saturated rings. The maximum absolute atomic E-state index is 12.5. The van der Waals surface area contributed by atoms with Crippen LogP contribution in [0.2, 0.25) is 0 Å². The highest BCUT2D eigenvalue weighted by atomic mass is 32.1. The molecule has 102 valence electrons. The van der Waals surface area contributed by atoms with Gasteiger partial charge in [0.1, 0.15) is 0 Å². The second-order valence-corrected chi connectivity index (χ2v) is 5.40. The first-order chi connectivity index (χ1) is 9.70. The summed E-state index contributed by atoms with van der Waals surface area (Å²) in [6.45, 7) is 2.01. The molecule has 3 aromatic rings. The summed E-state index contributed by atoms with van der Waals surface area (Å²) in [5, 5.41) is 6.43. The number of rotatable bonds is 4. The standard InChI is InChI=1S/C14H14N4OS/c1-8(15-2)12-7-20-14(18-12)13(19)10-5-17-11-6-16-4-3-9(10)11/h3-8,15,17H,1-2H3/t8-/m0/s1. The second-order valence-electron chi connectivity index (χ2n) is 4.54. The van der Waals surface area contributed by atoms with Crippen LogP contribution < -0.4 is 5.32 Å². The zero-order chi connectivity index (χ0) is 14.1. The molecule has 6 heteroatoms. The van der Waals surface area contributed by atoms with E-state index in [0.717, 1.165) is 16.6 Å². The van der Waals surface area contributed by atoms with Crippen molar-refractivity contribution in [1.29, 1.82) is 0 Å². The highest BCUT2D eigenvalue weighted by molar-refractivity contribution is 7.12. The highest BCUT2D eigenvalue weighted by Crippen LogP contribution is 2.23. The number of pyridine rings is 1. The Labute approximate surface area is 120 Å². The van der Waals surface area contributed by atoms with E-state index < -0.39 is 0 Å². The predicted molar refractivity (Wildman–Crippen MR) is 79.1 cm³/mol. The molecule has 0 bridgehead atoms. The Morgan fingerprint density at radius 1 is 1.50 bits per heavy atom. The summed E-state index contributed by atoms with van der Waals surface area (Å²) >= 11 is 1.38. The van der Waals surface area contributed by atoms with Crippen LogP contribution in [0, 0.1) is 0 Å². The SMILES string of the molecule is CN[C@@H](C)c1csc(C(=O)c2c[nH]c3cnccc23)n1. The molecule has 0 aromatic carbocycles. The van der Waals surface area contributed by atoms with Crippen LogP contribution in [0.25, 0.3) is 10.9 Å². The van der Waals surface area contributed by atoms with Crippen LogP contribution in [0.5, 0.6) is 0 Å². The summed E-state index contributed by atoms with van der Waals surface area (Å²) in [6, 6.07) is 1.98. The third-order valence-corrected chi connectivity index (χ3v) is 4.18. The van der Waals surface area contributed by atoms with Crippen LogP contribution in [0.3, 0.4) is 0 Å². The number of ketones is 1. The van der Waals surface area contributed by atoms with E-state index >= 15 is 0 Å². The molecular formula is C14H14N4OS. The van der Waals surface area contributed by atoms with Crippen molar-refractivity contribution < 1.29 is 4.79 Å². The molecule has 0 aliphatic rings. The molecule has 0 radical (unpaired) electrons. The van der Waals surface area contributed by atoms with Crippen LogP contribution >= 0.6 is 11.3 Å². The van der Waals surface area contributed by atoms with Crippen molar-refractivity contribution in [1.82, 2.24) is 20.3 Å². The largest absolute Gasteiger partial charge is 0.359 e. The summed E-state index contributed by atoms with van der Waals surface area (Å²) in [6.07, 6.45) is 5.11. The van der Waals surface area contributed by atoms with Crippen LogP contribution in [0.4, 0.5) is 0 Å². The van der Waals surface area contributed by atoms with Gasteiger partial charge in [-0.3, -0.25) is 9.78 Å². The second kappa shape index (κ2) is 5.15. The molecular weight excluding hydrogens is 272 g/mol. The third kappa shape index (κ3) is 2.13. The zero-order valence-corrected chi connectivity index (χ0v) is 12.0. The maximum Gasteiger partial charge on any atom is 0.223 e. The molecule has 0 saturated heterocycles. The van der Waals surface area contributed by atoms with E-state index in [9.17, 15) is 4.79 Å². The smallest absolute Gasteiger partial charge is 0.223 e. The van der Waals surface area contributed by atoms with Gasteiger partial charge in [0.2, 0.25) is 5.78 Å².